The van der Waals surface area contributed by atoms with E-state index >= 15 is 0 Å². The van der Waals surface area contributed by atoms with Crippen LogP contribution in [-0.4, -0.2) is 23.7 Å². The van der Waals surface area contributed by atoms with Crippen molar-refractivity contribution in [2.24, 2.45) is 0 Å². The molecule has 92 valence electrons. The molecule has 0 aromatic heterocycles. The highest BCUT2D eigenvalue weighted by Crippen LogP contribution is 2.34. The van der Waals surface area contributed by atoms with Gasteiger partial charge in [0.2, 0.25) is 0 Å². The Kier molecular flexibility index (Phi) is 3.26. The molecule has 2 rings (SSSR count). The van der Waals surface area contributed by atoms with Crippen LogP contribution in [0.5, 0.6) is 5.75 Å². The van der Waals surface area contributed by atoms with Crippen LogP contribution in [0.2, 0.25) is 5.02 Å². The highest BCUT2D eigenvalue weighted by atomic mass is 35.5. The van der Waals surface area contributed by atoms with Crippen LogP contribution in [0.3, 0.4) is 0 Å². The molecule has 1 amide bonds. The molecular weight excluding hydrogens is 242 g/mol. The lowest BCUT2D eigenvalue weighted by Crippen LogP contribution is -2.29. The monoisotopic (exact) mass is 255 g/mol. The van der Waals surface area contributed by atoms with Gasteiger partial charge < -0.3 is 15.2 Å². The molecule has 4 nitrogen and oxygen atoms in total. The number of halogens is 1. The summed E-state index contributed by atoms with van der Waals surface area (Å²) in [6, 6.07) is 3.17. The molecule has 1 heterocycles. The van der Waals surface area contributed by atoms with E-state index in [9.17, 15) is 9.90 Å². The third-order valence-corrected chi connectivity index (χ3v) is 2.86. The van der Waals surface area contributed by atoms with Crippen LogP contribution in [0.1, 0.15) is 35.9 Å². The zero-order chi connectivity index (χ0) is 12.6. The van der Waals surface area contributed by atoms with Gasteiger partial charge in [-0.05, 0) is 26.0 Å². The number of aliphatic hydroxyl groups is 1. The van der Waals surface area contributed by atoms with Crippen molar-refractivity contribution in [1.82, 2.24) is 5.32 Å². The maximum Gasteiger partial charge on any atom is 0.255 e. The van der Waals surface area contributed by atoms with Crippen LogP contribution in [0.4, 0.5) is 0 Å². The molecule has 2 N–H and O–H groups in total. The molecule has 1 aromatic rings. The Morgan fingerprint density at radius 2 is 2.29 bits per heavy atom. The molecule has 1 aliphatic rings. The van der Waals surface area contributed by atoms with E-state index in [-0.39, 0.29) is 12.0 Å². The van der Waals surface area contributed by atoms with Crippen molar-refractivity contribution in [2.75, 3.05) is 6.54 Å². The Balaban J connectivity index is 2.61. The molecular formula is C12H14ClNO3. The first-order chi connectivity index (χ1) is 7.99. The number of carbonyl (C=O) groups excluding carboxylic acids is 1. The number of fused-ring (bicyclic) bond motifs is 1. The zero-order valence-corrected chi connectivity index (χ0v) is 10.4. The van der Waals surface area contributed by atoms with Crippen molar-refractivity contribution in [3.05, 3.63) is 28.3 Å². The van der Waals surface area contributed by atoms with Crippen LogP contribution < -0.4 is 10.1 Å². The summed E-state index contributed by atoms with van der Waals surface area (Å²) in [7, 11) is 0. The fourth-order valence-corrected chi connectivity index (χ4v) is 2.03. The smallest absolute Gasteiger partial charge is 0.255 e. The van der Waals surface area contributed by atoms with Crippen molar-refractivity contribution in [3.8, 4) is 5.75 Å². The average molecular weight is 256 g/mol. The summed E-state index contributed by atoms with van der Waals surface area (Å²) in [6.45, 7) is 3.91. The van der Waals surface area contributed by atoms with Crippen molar-refractivity contribution in [1.29, 1.82) is 0 Å². The number of amides is 1. The lowest BCUT2D eigenvalue weighted by atomic mass is 10.0. The maximum absolute atomic E-state index is 11.8. The fraction of sp³-hybridized carbons (Fsp3) is 0.417. The lowest BCUT2D eigenvalue weighted by Gasteiger charge is -2.17. The standard InChI is InChI=1S/C12H14ClNO3/c1-6-5-14-12(16)10-4-8(13)3-9(7(2)15)11(10)17-6/h3-4,6-7,15H,5H2,1-2H3,(H,14,16). The van der Waals surface area contributed by atoms with E-state index in [0.29, 0.717) is 28.4 Å². The molecule has 5 heteroatoms. The fourth-order valence-electron chi connectivity index (χ4n) is 1.80. The van der Waals surface area contributed by atoms with Crippen LogP contribution >= 0.6 is 11.6 Å². The Morgan fingerprint density at radius 3 is 2.94 bits per heavy atom. The number of nitrogens with one attached hydrogen (secondary N) is 1. The van der Waals surface area contributed by atoms with Gasteiger partial charge in [0.1, 0.15) is 11.9 Å². The summed E-state index contributed by atoms with van der Waals surface area (Å²) < 4.78 is 5.67. The van der Waals surface area contributed by atoms with Crippen LogP contribution in [0, 0.1) is 0 Å². The second-order valence-corrected chi connectivity index (χ2v) is 4.62. The molecule has 17 heavy (non-hydrogen) atoms. The van der Waals surface area contributed by atoms with Crippen LogP contribution in [0.25, 0.3) is 0 Å². The average Bonchev–Trinajstić information content (AvgIpc) is 2.39. The van der Waals surface area contributed by atoms with E-state index in [1.54, 1.807) is 19.1 Å². The molecule has 2 unspecified atom stereocenters. The second-order valence-electron chi connectivity index (χ2n) is 4.19. The molecule has 2 atom stereocenters. The molecule has 0 saturated carbocycles. The summed E-state index contributed by atoms with van der Waals surface area (Å²) in [5.41, 5.74) is 0.911. The zero-order valence-electron chi connectivity index (χ0n) is 9.66. The predicted octanol–water partition coefficient (Wildman–Crippen LogP) is 1.90. The largest absolute Gasteiger partial charge is 0.488 e. The van der Waals surface area contributed by atoms with Gasteiger partial charge in [0.05, 0.1) is 18.2 Å². The third kappa shape index (κ3) is 2.37. The Bertz CT molecular complexity index is 459. The molecule has 0 fully saturated rings. The minimum Gasteiger partial charge on any atom is -0.488 e. The molecule has 1 aliphatic heterocycles. The summed E-state index contributed by atoms with van der Waals surface area (Å²) in [6.07, 6.45) is -0.876. The maximum atomic E-state index is 11.8. The van der Waals surface area contributed by atoms with Gasteiger partial charge in [-0.1, -0.05) is 11.6 Å². The minimum absolute atomic E-state index is 0.140. The molecule has 0 bridgehead atoms. The number of benzene rings is 1. The van der Waals surface area contributed by atoms with E-state index in [4.69, 9.17) is 16.3 Å². The van der Waals surface area contributed by atoms with Gasteiger partial charge in [-0.25, -0.2) is 0 Å². The number of rotatable bonds is 1. The van der Waals surface area contributed by atoms with Crippen LogP contribution in [0.15, 0.2) is 12.1 Å². The topological polar surface area (TPSA) is 58.6 Å². The van der Waals surface area contributed by atoms with Crippen molar-refractivity contribution in [3.63, 3.8) is 0 Å². The third-order valence-electron chi connectivity index (χ3n) is 2.65. The van der Waals surface area contributed by atoms with E-state index in [1.165, 1.54) is 0 Å². The predicted molar refractivity (Wildman–Crippen MR) is 64.5 cm³/mol. The van der Waals surface area contributed by atoms with Gasteiger partial charge in [0.15, 0.2) is 0 Å². The van der Waals surface area contributed by atoms with Crippen molar-refractivity contribution >= 4 is 17.5 Å². The highest BCUT2D eigenvalue weighted by Gasteiger charge is 2.25. The molecule has 0 spiro atoms. The number of aliphatic hydroxyl groups excluding tert-OH is 1. The second kappa shape index (κ2) is 4.55. The summed E-state index contributed by atoms with van der Waals surface area (Å²) in [5.74, 6) is 0.195. The van der Waals surface area contributed by atoms with Crippen molar-refractivity contribution < 1.29 is 14.6 Å². The first-order valence-corrected chi connectivity index (χ1v) is 5.83. The Labute approximate surface area is 105 Å². The number of carbonyl (C=O) groups is 1. The Morgan fingerprint density at radius 1 is 1.59 bits per heavy atom. The van der Waals surface area contributed by atoms with Gasteiger partial charge in [0, 0.05) is 10.6 Å². The van der Waals surface area contributed by atoms with Crippen LogP contribution in [-0.2, 0) is 0 Å². The molecule has 0 saturated heterocycles. The number of ether oxygens (including phenoxy) is 1. The van der Waals surface area contributed by atoms with Gasteiger partial charge >= 0.3 is 0 Å². The number of hydrogen-bond donors (Lipinski definition) is 2. The van der Waals surface area contributed by atoms with E-state index in [1.807, 2.05) is 6.92 Å². The van der Waals surface area contributed by atoms with Gasteiger partial charge in [-0.3, -0.25) is 4.79 Å². The van der Waals surface area contributed by atoms with E-state index in [2.05, 4.69) is 5.32 Å². The van der Waals surface area contributed by atoms with Crippen molar-refractivity contribution in [2.45, 2.75) is 26.1 Å². The van der Waals surface area contributed by atoms with E-state index < -0.39 is 6.10 Å². The number of hydrogen-bond acceptors (Lipinski definition) is 3. The van der Waals surface area contributed by atoms with Gasteiger partial charge in [-0.2, -0.15) is 0 Å². The van der Waals surface area contributed by atoms with E-state index in [0.717, 1.165) is 0 Å². The lowest BCUT2D eigenvalue weighted by molar-refractivity contribution is 0.0952. The normalized spacial score (nSPS) is 20.9. The Hall–Kier alpha value is -1.26. The first-order valence-electron chi connectivity index (χ1n) is 5.45. The highest BCUT2D eigenvalue weighted by molar-refractivity contribution is 6.31. The summed E-state index contributed by atoms with van der Waals surface area (Å²) in [5, 5.41) is 12.8. The SMILES string of the molecule is CC1CNC(=O)c2cc(Cl)cc(C(C)O)c2O1. The summed E-state index contributed by atoms with van der Waals surface area (Å²) in [4.78, 5) is 11.8. The minimum atomic E-state index is -0.736. The van der Waals surface area contributed by atoms with Gasteiger partial charge in [0.25, 0.3) is 5.91 Å². The molecule has 0 aliphatic carbocycles. The molecule has 0 radical (unpaired) electrons. The molecule has 1 aromatic carbocycles. The first kappa shape index (κ1) is 12.2. The van der Waals surface area contributed by atoms with Gasteiger partial charge in [-0.15, -0.1) is 0 Å². The quantitative estimate of drug-likeness (QED) is 0.806. The summed E-state index contributed by atoms with van der Waals surface area (Å²) >= 11 is 5.93.